The number of rotatable bonds is 1. The van der Waals surface area contributed by atoms with Crippen molar-refractivity contribution >= 4 is 22.5 Å². The van der Waals surface area contributed by atoms with Crippen LogP contribution in [-0.2, 0) is 19.0 Å². The first kappa shape index (κ1) is 12.8. The first-order valence-electron chi connectivity index (χ1n) is 6.51. The number of halogens is 1. The van der Waals surface area contributed by atoms with Crippen LogP contribution in [0.3, 0.4) is 0 Å². The Bertz CT molecular complexity index is 658. The molecule has 3 nitrogen and oxygen atoms in total. The topological polar surface area (TPSA) is 26.2 Å². The molecule has 0 unspecified atom stereocenters. The van der Waals surface area contributed by atoms with Gasteiger partial charge < -0.3 is 14.6 Å². The number of aryl methyl sites for hydroxylation is 1. The number of methoxy groups -OCH3 is 1. The molecule has 1 aromatic carbocycles. The van der Waals surface area contributed by atoms with Crippen LogP contribution >= 0.6 is 11.6 Å². The molecule has 0 spiro atoms. The monoisotopic (exact) mass is 278 g/mol. The Hall–Kier alpha value is -1.19. The largest absolute Gasteiger partial charge is 0.495 e. The first-order chi connectivity index (χ1) is 8.95. The molecule has 0 amide bonds. The molecule has 0 fully saturated rings. The first-order valence-corrected chi connectivity index (χ1v) is 6.89. The zero-order chi connectivity index (χ0) is 13.8. The minimum Gasteiger partial charge on any atom is -0.495 e. The molecular formula is C15H19ClN2O. The summed E-state index contributed by atoms with van der Waals surface area (Å²) in [6.07, 6.45) is 0. The Labute approximate surface area is 118 Å². The van der Waals surface area contributed by atoms with Crippen molar-refractivity contribution in [2.24, 2.45) is 7.05 Å². The summed E-state index contributed by atoms with van der Waals surface area (Å²) < 4.78 is 7.60. The van der Waals surface area contributed by atoms with E-state index in [-0.39, 0.29) is 5.41 Å². The predicted molar refractivity (Wildman–Crippen MR) is 79.2 cm³/mol. The lowest BCUT2D eigenvalue weighted by Crippen LogP contribution is -2.38. The second-order valence-electron chi connectivity index (χ2n) is 5.87. The highest BCUT2D eigenvalue weighted by atomic mass is 35.5. The lowest BCUT2D eigenvalue weighted by Gasteiger charge is -2.31. The van der Waals surface area contributed by atoms with Crippen LogP contribution in [0.5, 0.6) is 5.75 Å². The number of benzene rings is 1. The fourth-order valence-electron chi connectivity index (χ4n) is 3.19. The van der Waals surface area contributed by atoms with Gasteiger partial charge in [-0.3, -0.25) is 0 Å². The van der Waals surface area contributed by atoms with E-state index in [9.17, 15) is 0 Å². The Kier molecular flexibility index (Phi) is 2.80. The van der Waals surface area contributed by atoms with Gasteiger partial charge in [-0.1, -0.05) is 25.4 Å². The maximum absolute atomic E-state index is 6.26. The number of nitrogens with one attached hydrogen (secondary N) is 1. The van der Waals surface area contributed by atoms with Crippen LogP contribution in [0.2, 0.25) is 5.02 Å². The van der Waals surface area contributed by atoms with Gasteiger partial charge in [-0.15, -0.1) is 0 Å². The highest BCUT2D eigenvalue weighted by Gasteiger charge is 2.32. The fraction of sp³-hybridized carbons (Fsp3) is 0.467. The Morgan fingerprint density at radius 3 is 2.79 bits per heavy atom. The molecule has 1 N–H and O–H groups in total. The van der Waals surface area contributed by atoms with Gasteiger partial charge in [-0.2, -0.15) is 0 Å². The summed E-state index contributed by atoms with van der Waals surface area (Å²) in [6.45, 7) is 6.45. The molecular weight excluding hydrogens is 260 g/mol. The van der Waals surface area contributed by atoms with Gasteiger partial charge in [-0.25, -0.2) is 0 Å². The lowest BCUT2D eigenvalue weighted by atomic mass is 9.80. The maximum Gasteiger partial charge on any atom is 0.138 e. The van der Waals surface area contributed by atoms with Crippen LogP contribution in [0.15, 0.2) is 12.1 Å². The predicted octanol–water partition coefficient (Wildman–Crippen LogP) is 3.22. The van der Waals surface area contributed by atoms with Gasteiger partial charge in [0, 0.05) is 36.6 Å². The van der Waals surface area contributed by atoms with Gasteiger partial charge in [0.05, 0.1) is 17.6 Å². The summed E-state index contributed by atoms with van der Waals surface area (Å²) in [5.74, 6) is 0.747. The van der Waals surface area contributed by atoms with E-state index >= 15 is 0 Å². The van der Waals surface area contributed by atoms with E-state index in [0.29, 0.717) is 5.02 Å². The molecule has 2 aromatic rings. The quantitative estimate of drug-likeness (QED) is 0.867. The Balaban J connectivity index is 2.41. The molecule has 0 saturated heterocycles. The second-order valence-corrected chi connectivity index (χ2v) is 6.28. The van der Waals surface area contributed by atoms with Crippen molar-refractivity contribution in [2.75, 3.05) is 13.7 Å². The van der Waals surface area contributed by atoms with Crippen LogP contribution in [0.25, 0.3) is 10.9 Å². The van der Waals surface area contributed by atoms with E-state index < -0.39 is 0 Å². The van der Waals surface area contributed by atoms with Crippen molar-refractivity contribution < 1.29 is 4.74 Å². The van der Waals surface area contributed by atoms with Crippen molar-refractivity contribution in [3.8, 4) is 5.75 Å². The molecule has 1 aromatic heterocycles. The molecule has 0 atom stereocenters. The summed E-state index contributed by atoms with van der Waals surface area (Å²) in [4.78, 5) is 0. The lowest BCUT2D eigenvalue weighted by molar-refractivity contribution is 0.415. The van der Waals surface area contributed by atoms with Crippen molar-refractivity contribution in [1.29, 1.82) is 0 Å². The highest BCUT2D eigenvalue weighted by molar-refractivity contribution is 6.32. The SMILES string of the molecule is COc1cc2c3c(n(C)c2cc1Cl)CNCC3(C)C. The number of fused-ring (bicyclic) bond motifs is 3. The van der Waals surface area contributed by atoms with E-state index in [0.717, 1.165) is 18.8 Å². The Morgan fingerprint density at radius 1 is 1.37 bits per heavy atom. The molecule has 2 heterocycles. The van der Waals surface area contributed by atoms with Gasteiger partial charge in [-0.05, 0) is 17.7 Å². The minimum absolute atomic E-state index is 0.117. The number of hydrogen-bond acceptors (Lipinski definition) is 2. The summed E-state index contributed by atoms with van der Waals surface area (Å²) in [5, 5.41) is 5.41. The molecule has 0 saturated carbocycles. The molecule has 102 valence electrons. The van der Waals surface area contributed by atoms with Crippen LogP contribution < -0.4 is 10.1 Å². The molecule has 0 radical (unpaired) electrons. The minimum atomic E-state index is 0.117. The zero-order valence-corrected chi connectivity index (χ0v) is 12.6. The van der Waals surface area contributed by atoms with E-state index in [1.54, 1.807) is 7.11 Å². The number of hydrogen-bond donors (Lipinski definition) is 1. The van der Waals surface area contributed by atoms with Crippen LogP contribution in [0, 0.1) is 0 Å². The fourth-order valence-corrected chi connectivity index (χ4v) is 3.42. The smallest absolute Gasteiger partial charge is 0.138 e. The molecule has 1 aliphatic heterocycles. The summed E-state index contributed by atoms with van der Waals surface area (Å²) in [5.41, 5.74) is 4.05. The van der Waals surface area contributed by atoms with Gasteiger partial charge in [0.15, 0.2) is 0 Å². The maximum atomic E-state index is 6.26. The number of nitrogens with zero attached hydrogens (tertiary/aromatic N) is 1. The van der Waals surface area contributed by atoms with Gasteiger partial charge >= 0.3 is 0 Å². The van der Waals surface area contributed by atoms with Gasteiger partial charge in [0.2, 0.25) is 0 Å². The van der Waals surface area contributed by atoms with E-state index in [2.05, 4.69) is 36.8 Å². The van der Waals surface area contributed by atoms with Crippen molar-refractivity contribution in [3.63, 3.8) is 0 Å². The third-order valence-corrected chi connectivity index (χ3v) is 4.43. The van der Waals surface area contributed by atoms with Crippen LogP contribution in [0.1, 0.15) is 25.1 Å². The van der Waals surface area contributed by atoms with Gasteiger partial charge in [0.1, 0.15) is 5.75 Å². The molecule has 0 bridgehead atoms. The zero-order valence-electron chi connectivity index (χ0n) is 11.8. The highest BCUT2D eigenvalue weighted by Crippen LogP contribution is 2.40. The third kappa shape index (κ3) is 1.76. The molecule has 4 heteroatoms. The van der Waals surface area contributed by atoms with Gasteiger partial charge in [0.25, 0.3) is 0 Å². The number of ether oxygens (including phenoxy) is 1. The molecule has 19 heavy (non-hydrogen) atoms. The van der Waals surface area contributed by atoms with Crippen molar-refractivity contribution in [2.45, 2.75) is 25.8 Å². The van der Waals surface area contributed by atoms with E-state index in [1.807, 2.05) is 6.07 Å². The summed E-state index contributed by atoms with van der Waals surface area (Å²) >= 11 is 6.26. The Morgan fingerprint density at radius 2 is 2.11 bits per heavy atom. The normalized spacial score (nSPS) is 17.5. The standard InChI is InChI=1S/C15H19ClN2O/c1-15(2)8-17-7-12-14(15)9-5-13(19-4)10(16)6-11(9)18(12)3/h5-6,17H,7-8H2,1-4H3. The van der Waals surface area contributed by atoms with Crippen LogP contribution in [-0.4, -0.2) is 18.2 Å². The van der Waals surface area contributed by atoms with Crippen LogP contribution in [0.4, 0.5) is 0 Å². The van der Waals surface area contributed by atoms with Crippen molar-refractivity contribution in [1.82, 2.24) is 9.88 Å². The average Bonchev–Trinajstić information content (AvgIpc) is 2.63. The molecule has 3 rings (SSSR count). The summed E-state index contributed by atoms with van der Waals surface area (Å²) in [7, 11) is 3.77. The average molecular weight is 279 g/mol. The van der Waals surface area contributed by atoms with Crippen molar-refractivity contribution in [3.05, 3.63) is 28.4 Å². The van der Waals surface area contributed by atoms with E-state index in [1.165, 1.54) is 22.2 Å². The molecule has 1 aliphatic rings. The third-order valence-electron chi connectivity index (χ3n) is 4.13. The number of aromatic nitrogens is 1. The van der Waals surface area contributed by atoms with E-state index in [4.69, 9.17) is 16.3 Å². The second kappa shape index (κ2) is 4.15. The molecule has 0 aliphatic carbocycles. The summed E-state index contributed by atoms with van der Waals surface area (Å²) in [6, 6.07) is 4.08.